The predicted molar refractivity (Wildman–Crippen MR) is 93.9 cm³/mol. The fraction of sp³-hybridized carbons (Fsp3) is 0.263. The number of benzene rings is 2. The minimum atomic E-state index is -4.42. The highest BCUT2D eigenvalue weighted by Crippen LogP contribution is 2.29. The van der Waals surface area contributed by atoms with Gasteiger partial charge in [-0.15, -0.1) is 0 Å². The maximum Gasteiger partial charge on any atom is 0.416 e. The summed E-state index contributed by atoms with van der Waals surface area (Å²) in [4.78, 5) is 25.3. The van der Waals surface area contributed by atoms with Gasteiger partial charge in [-0.05, 0) is 43.3 Å². The Morgan fingerprint density at radius 1 is 1.00 bits per heavy atom. The average molecular weight is 364 g/mol. The van der Waals surface area contributed by atoms with Gasteiger partial charge < -0.3 is 10.2 Å². The van der Waals surface area contributed by atoms with Gasteiger partial charge in [-0.1, -0.05) is 17.7 Å². The lowest BCUT2D eigenvalue weighted by atomic mass is 10.2. The Labute approximate surface area is 149 Å². The van der Waals surface area contributed by atoms with Crippen molar-refractivity contribution >= 4 is 23.2 Å². The minimum absolute atomic E-state index is 0.0223. The number of anilines is 2. The third-order valence-corrected chi connectivity index (χ3v) is 3.78. The minimum Gasteiger partial charge on any atom is -0.326 e. The molecule has 2 rings (SSSR count). The lowest BCUT2D eigenvalue weighted by Gasteiger charge is -2.21. The number of nitrogens with one attached hydrogen (secondary N) is 1. The standard InChI is InChI=1S/C19H19F3N2O2/c1-13-3-9-17(10-4-13)24(14(2)25)12-11-18(26)23-16-7-5-15(6-8-16)19(20,21)22/h3-10H,11-12H2,1-2H3,(H,23,26). The fourth-order valence-electron chi connectivity index (χ4n) is 2.37. The second kappa shape index (κ2) is 8.03. The van der Waals surface area contributed by atoms with Crippen LogP contribution in [0.1, 0.15) is 24.5 Å². The molecule has 26 heavy (non-hydrogen) atoms. The van der Waals surface area contributed by atoms with E-state index in [2.05, 4.69) is 5.32 Å². The Morgan fingerprint density at radius 2 is 1.58 bits per heavy atom. The SMILES string of the molecule is CC(=O)N(CCC(=O)Nc1ccc(C(F)(F)F)cc1)c1ccc(C)cc1. The molecule has 0 unspecified atom stereocenters. The molecule has 0 aliphatic rings. The highest BCUT2D eigenvalue weighted by Gasteiger charge is 2.30. The van der Waals surface area contributed by atoms with Crippen molar-refractivity contribution in [3.05, 3.63) is 59.7 Å². The summed E-state index contributed by atoms with van der Waals surface area (Å²) in [6.45, 7) is 3.51. The van der Waals surface area contributed by atoms with E-state index in [0.29, 0.717) is 5.69 Å². The molecule has 0 aromatic heterocycles. The number of carbonyl (C=O) groups is 2. The first-order chi connectivity index (χ1) is 12.2. The highest BCUT2D eigenvalue weighted by atomic mass is 19.4. The van der Waals surface area contributed by atoms with Crippen LogP contribution in [0.4, 0.5) is 24.5 Å². The molecule has 0 spiro atoms. The summed E-state index contributed by atoms with van der Waals surface area (Å²) in [5.74, 6) is -0.584. The number of hydrogen-bond donors (Lipinski definition) is 1. The zero-order valence-corrected chi connectivity index (χ0v) is 14.4. The van der Waals surface area contributed by atoms with Crippen LogP contribution in [0.3, 0.4) is 0 Å². The third kappa shape index (κ3) is 5.34. The molecule has 2 amide bonds. The normalized spacial score (nSPS) is 11.1. The van der Waals surface area contributed by atoms with Crippen LogP contribution in [0, 0.1) is 6.92 Å². The van der Waals surface area contributed by atoms with E-state index in [9.17, 15) is 22.8 Å². The number of rotatable bonds is 5. The van der Waals surface area contributed by atoms with Crippen LogP contribution in [-0.4, -0.2) is 18.4 Å². The molecule has 138 valence electrons. The van der Waals surface area contributed by atoms with Crippen LogP contribution in [0.15, 0.2) is 48.5 Å². The number of carbonyl (C=O) groups excluding carboxylic acids is 2. The topological polar surface area (TPSA) is 49.4 Å². The number of alkyl halides is 3. The second-order valence-corrected chi connectivity index (χ2v) is 5.88. The summed E-state index contributed by atoms with van der Waals surface area (Å²) in [6, 6.07) is 11.5. The quantitative estimate of drug-likeness (QED) is 0.855. The molecule has 2 aromatic rings. The van der Waals surface area contributed by atoms with Crippen LogP contribution < -0.4 is 10.2 Å². The molecule has 0 radical (unpaired) electrons. The fourth-order valence-corrected chi connectivity index (χ4v) is 2.37. The van der Waals surface area contributed by atoms with Crippen LogP contribution >= 0.6 is 0 Å². The summed E-state index contributed by atoms with van der Waals surface area (Å²) in [5.41, 5.74) is 1.23. The Balaban J connectivity index is 1.96. The van der Waals surface area contributed by atoms with Crippen molar-refractivity contribution in [3.8, 4) is 0 Å². The molecule has 7 heteroatoms. The lowest BCUT2D eigenvalue weighted by molar-refractivity contribution is -0.137. The monoisotopic (exact) mass is 364 g/mol. The number of nitrogens with zero attached hydrogens (tertiary/aromatic N) is 1. The van der Waals surface area contributed by atoms with Gasteiger partial charge in [0.25, 0.3) is 0 Å². The van der Waals surface area contributed by atoms with Gasteiger partial charge in [0.2, 0.25) is 11.8 Å². The number of amides is 2. The van der Waals surface area contributed by atoms with Gasteiger partial charge in [0.05, 0.1) is 5.56 Å². The van der Waals surface area contributed by atoms with Gasteiger partial charge in [-0.25, -0.2) is 0 Å². The van der Waals surface area contributed by atoms with E-state index in [4.69, 9.17) is 0 Å². The van der Waals surface area contributed by atoms with Crippen molar-refractivity contribution in [2.75, 3.05) is 16.8 Å². The van der Waals surface area contributed by atoms with E-state index in [1.807, 2.05) is 19.1 Å². The first kappa shape index (κ1) is 19.5. The van der Waals surface area contributed by atoms with Crippen LogP contribution in [0.25, 0.3) is 0 Å². The molecular formula is C19H19F3N2O2. The van der Waals surface area contributed by atoms with E-state index < -0.39 is 11.7 Å². The summed E-state index contributed by atoms with van der Waals surface area (Å²) >= 11 is 0. The van der Waals surface area contributed by atoms with Gasteiger partial charge in [-0.3, -0.25) is 9.59 Å². The van der Waals surface area contributed by atoms with E-state index in [1.54, 1.807) is 12.1 Å². The van der Waals surface area contributed by atoms with Gasteiger partial charge in [-0.2, -0.15) is 13.2 Å². The van der Waals surface area contributed by atoms with Crippen LogP contribution in [0.5, 0.6) is 0 Å². The summed E-state index contributed by atoms with van der Waals surface area (Å²) < 4.78 is 37.6. The van der Waals surface area contributed by atoms with E-state index in [1.165, 1.54) is 24.0 Å². The maximum absolute atomic E-state index is 12.5. The molecular weight excluding hydrogens is 345 g/mol. The van der Waals surface area contributed by atoms with Gasteiger partial charge in [0, 0.05) is 31.3 Å². The zero-order chi connectivity index (χ0) is 19.3. The van der Waals surface area contributed by atoms with E-state index >= 15 is 0 Å². The number of aryl methyl sites for hydroxylation is 1. The maximum atomic E-state index is 12.5. The third-order valence-electron chi connectivity index (χ3n) is 3.78. The molecule has 0 saturated carbocycles. The van der Waals surface area contributed by atoms with E-state index in [-0.39, 0.29) is 30.5 Å². The van der Waals surface area contributed by atoms with E-state index in [0.717, 1.165) is 17.7 Å². The van der Waals surface area contributed by atoms with Gasteiger partial charge in [0.15, 0.2) is 0 Å². The molecule has 4 nitrogen and oxygen atoms in total. The zero-order valence-electron chi connectivity index (χ0n) is 14.4. The molecule has 0 bridgehead atoms. The van der Waals surface area contributed by atoms with Gasteiger partial charge >= 0.3 is 6.18 Å². The van der Waals surface area contributed by atoms with Crippen molar-refractivity contribution in [2.24, 2.45) is 0 Å². The molecule has 0 aliphatic carbocycles. The van der Waals surface area contributed by atoms with Gasteiger partial charge in [0.1, 0.15) is 0 Å². The largest absolute Gasteiger partial charge is 0.416 e. The van der Waals surface area contributed by atoms with Crippen molar-refractivity contribution in [3.63, 3.8) is 0 Å². The summed E-state index contributed by atoms with van der Waals surface area (Å²) in [5, 5.41) is 2.53. The Bertz CT molecular complexity index is 769. The second-order valence-electron chi connectivity index (χ2n) is 5.88. The average Bonchev–Trinajstić information content (AvgIpc) is 2.56. The number of hydrogen-bond acceptors (Lipinski definition) is 2. The smallest absolute Gasteiger partial charge is 0.326 e. The Kier molecular flexibility index (Phi) is 6.02. The summed E-state index contributed by atoms with van der Waals surface area (Å²) in [6.07, 6.45) is -4.40. The summed E-state index contributed by atoms with van der Waals surface area (Å²) in [7, 11) is 0. The molecule has 1 N–H and O–H groups in total. The first-order valence-corrected chi connectivity index (χ1v) is 7.98. The first-order valence-electron chi connectivity index (χ1n) is 7.98. The van der Waals surface area contributed by atoms with Crippen molar-refractivity contribution in [1.29, 1.82) is 0 Å². The lowest BCUT2D eigenvalue weighted by Crippen LogP contribution is -2.31. The highest BCUT2D eigenvalue weighted by molar-refractivity contribution is 5.94. The molecule has 0 atom stereocenters. The van der Waals surface area contributed by atoms with Crippen LogP contribution in [-0.2, 0) is 15.8 Å². The molecule has 0 fully saturated rings. The van der Waals surface area contributed by atoms with Crippen molar-refractivity contribution in [1.82, 2.24) is 0 Å². The molecule has 2 aromatic carbocycles. The Morgan fingerprint density at radius 3 is 2.08 bits per heavy atom. The van der Waals surface area contributed by atoms with Crippen LogP contribution in [0.2, 0.25) is 0 Å². The molecule has 0 saturated heterocycles. The van der Waals surface area contributed by atoms with Crippen molar-refractivity contribution in [2.45, 2.75) is 26.4 Å². The molecule has 0 aliphatic heterocycles. The predicted octanol–water partition coefficient (Wildman–Crippen LogP) is 4.40. The number of halogens is 3. The Hall–Kier alpha value is -2.83. The van der Waals surface area contributed by atoms with Crippen molar-refractivity contribution < 1.29 is 22.8 Å². The molecule has 0 heterocycles.